The summed E-state index contributed by atoms with van der Waals surface area (Å²) in [5.74, 6) is 1.47. The van der Waals surface area contributed by atoms with Crippen LogP contribution in [0.4, 0.5) is 0 Å². The molecule has 114 valence electrons. The van der Waals surface area contributed by atoms with Crippen LogP contribution in [0.1, 0.15) is 72.1 Å². The third-order valence-corrected chi connectivity index (χ3v) is 5.78. The van der Waals surface area contributed by atoms with Crippen LogP contribution in [-0.2, 0) is 9.53 Å². The summed E-state index contributed by atoms with van der Waals surface area (Å²) in [6.07, 6.45) is 9.86. The van der Waals surface area contributed by atoms with E-state index in [1.54, 1.807) is 6.92 Å². The van der Waals surface area contributed by atoms with Crippen molar-refractivity contribution < 1.29 is 9.53 Å². The monoisotopic (exact) mass is 278 g/mol. The second-order valence-electron chi connectivity index (χ2n) is 7.12. The molecule has 0 aliphatic heterocycles. The van der Waals surface area contributed by atoms with E-state index in [9.17, 15) is 4.79 Å². The molecule has 2 aliphatic carbocycles. The van der Waals surface area contributed by atoms with Crippen molar-refractivity contribution in [2.75, 3.05) is 0 Å². The van der Waals surface area contributed by atoms with Crippen molar-refractivity contribution >= 4 is 5.97 Å². The molecule has 2 rings (SSSR count). The van der Waals surface area contributed by atoms with Crippen molar-refractivity contribution in [3.63, 3.8) is 0 Å². The summed E-state index contributed by atoms with van der Waals surface area (Å²) in [7, 11) is 0. The molecule has 0 bridgehead atoms. The number of ether oxygens (including phenoxy) is 1. The fourth-order valence-electron chi connectivity index (χ4n) is 4.31. The van der Waals surface area contributed by atoms with Gasteiger partial charge in [-0.05, 0) is 50.4 Å². The van der Waals surface area contributed by atoms with Gasteiger partial charge in [0.1, 0.15) is 5.60 Å². The Morgan fingerprint density at radius 2 is 1.75 bits per heavy atom. The van der Waals surface area contributed by atoms with E-state index >= 15 is 0 Å². The average Bonchev–Trinajstić information content (AvgIpc) is 2.44. The van der Waals surface area contributed by atoms with E-state index in [1.807, 2.05) is 0 Å². The number of carbonyl (C=O) groups is 1. The summed E-state index contributed by atoms with van der Waals surface area (Å²) in [6.45, 7) is 10.1. The van der Waals surface area contributed by atoms with E-state index < -0.39 is 0 Å². The third-order valence-electron chi connectivity index (χ3n) is 5.78. The topological polar surface area (TPSA) is 26.3 Å². The first-order valence-corrected chi connectivity index (χ1v) is 8.36. The smallest absolute Gasteiger partial charge is 0.333 e. The quantitative estimate of drug-likeness (QED) is 0.543. The molecule has 2 nitrogen and oxygen atoms in total. The molecule has 0 spiro atoms. The number of hydrogen-bond donors (Lipinski definition) is 0. The van der Waals surface area contributed by atoms with Gasteiger partial charge in [-0.2, -0.15) is 0 Å². The Morgan fingerprint density at radius 1 is 1.10 bits per heavy atom. The Morgan fingerprint density at radius 3 is 2.35 bits per heavy atom. The molecule has 0 radical (unpaired) electrons. The minimum absolute atomic E-state index is 0.184. The number of esters is 1. The second-order valence-corrected chi connectivity index (χ2v) is 7.12. The van der Waals surface area contributed by atoms with Crippen LogP contribution in [0.5, 0.6) is 0 Å². The molecule has 2 saturated carbocycles. The highest BCUT2D eigenvalue weighted by Crippen LogP contribution is 2.49. The van der Waals surface area contributed by atoms with E-state index in [2.05, 4.69) is 20.4 Å². The molecule has 2 heteroatoms. The Hall–Kier alpha value is -0.790. The number of hydrogen-bond acceptors (Lipinski definition) is 2. The molecule has 0 N–H and O–H groups in total. The molecule has 0 aromatic heterocycles. The van der Waals surface area contributed by atoms with Crippen LogP contribution in [0.2, 0.25) is 0 Å². The molecule has 0 heterocycles. The Labute approximate surface area is 124 Å². The van der Waals surface area contributed by atoms with Crippen LogP contribution in [0.25, 0.3) is 0 Å². The lowest BCUT2D eigenvalue weighted by Gasteiger charge is -2.50. The molecule has 0 saturated heterocycles. The minimum Gasteiger partial charge on any atom is -0.455 e. The number of rotatable bonds is 3. The summed E-state index contributed by atoms with van der Waals surface area (Å²) in [4.78, 5) is 12.2. The van der Waals surface area contributed by atoms with Gasteiger partial charge in [0.25, 0.3) is 0 Å². The third kappa shape index (κ3) is 2.94. The molecule has 2 fully saturated rings. The molecule has 20 heavy (non-hydrogen) atoms. The summed E-state index contributed by atoms with van der Waals surface area (Å²) in [5.41, 5.74) is 0.305. The maximum atomic E-state index is 12.2. The lowest BCUT2D eigenvalue weighted by molar-refractivity contribution is -0.183. The average molecular weight is 278 g/mol. The highest BCUT2D eigenvalue weighted by Gasteiger charge is 2.50. The summed E-state index contributed by atoms with van der Waals surface area (Å²) < 4.78 is 6.12. The van der Waals surface area contributed by atoms with Crippen LogP contribution in [0.15, 0.2) is 12.2 Å². The van der Waals surface area contributed by atoms with Gasteiger partial charge in [-0.3, -0.25) is 0 Å². The zero-order valence-corrected chi connectivity index (χ0v) is 13.4. The maximum Gasteiger partial charge on any atom is 0.333 e. The zero-order valence-electron chi connectivity index (χ0n) is 13.4. The number of carbonyl (C=O) groups excluding carboxylic acids is 1. The van der Waals surface area contributed by atoms with Crippen molar-refractivity contribution in [3.05, 3.63) is 12.2 Å². The molecule has 3 atom stereocenters. The molecule has 0 amide bonds. The van der Waals surface area contributed by atoms with Crippen LogP contribution >= 0.6 is 0 Å². The minimum atomic E-state index is -0.228. The first-order chi connectivity index (χ1) is 9.47. The van der Waals surface area contributed by atoms with Crippen LogP contribution in [0.3, 0.4) is 0 Å². The van der Waals surface area contributed by atoms with E-state index in [-0.39, 0.29) is 11.6 Å². The molecule has 0 aromatic rings. The lowest BCUT2D eigenvalue weighted by Crippen LogP contribution is -2.52. The van der Waals surface area contributed by atoms with Gasteiger partial charge in [0.2, 0.25) is 0 Å². The van der Waals surface area contributed by atoms with Gasteiger partial charge in [-0.15, -0.1) is 0 Å². The fraction of sp³-hybridized carbons (Fsp3) is 0.833. The van der Waals surface area contributed by atoms with Gasteiger partial charge in [-0.25, -0.2) is 4.79 Å². The largest absolute Gasteiger partial charge is 0.455 e. The predicted octanol–water partition coefficient (Wildman–Crippen LogP) is 4.88. The van der Waals surface area contributed by atoms with Gasteiger partial charge >= 0.3 is 5.97 Å². The molecule has 3 unspecified atom stereocenters. The summed E-state index contributed by atoms with van der Waals surface area (Å²) >= 11 is 0. The van der Waals surface area contributed by atoms with Gasteiger partial charge < -0.3 is 4.74 Å². The van der Waals surface area contributed by atoms with Crippen LogP contribution in [0, 0.1) is 17.8 Å². The molecular formula is C18H30O2. The Balaban J connectivity index is 2.26. The van der Waals surface area contributed by atoms with Crippen molar-refractivity contribution in [1.82, 2.24) is 0 Å². The standard InChI is InChI=1S/C18H30O2/c1-13(2)17(19)20-18(16-10-6-5-7-11-16)12-8-9-14(3)15(18)4/h14-16H,1,5-12H2,2-4H3. The maximum absolute atomic E-state index is 12.2. The molecular weight excluding hydrogens is 248 g/mol. The van der Waals surface area contributed by atoms with E-state index in [1.165, 1.54) is 44.9 Å². The van der Waals surface area contributed by atoms with Gasteiger partial charge in [0, 0.05) is 5.57 Å². The molecule has 0 aromatic carbocycles. The van der Waals surface area contributed by atoms with E-state index in [0.717, 1.165) is 6.42 Å². The van der Waals surface area contributed by atoms with E-state index in [4.69, 9.17) is 4.74 Å². The van der Waals surface area contributed by atoms with Crippen LogP contribution in [-0.4, -0.2) is 11.6 Å². The van der Waals surface area contributed by atoms with Gasteiger partial charge in [0.05, 0.1) is 0 Å². The Bertz CT molecular complexity index is 368. The lowest BCUT2D eigenvalue weighted by atomic mass is 9.61. The zero-order chi connectivity index (χ0) is 14.8. The highest BCUT2D eigenvalue weighted by atomic mass is 16.6. The summed E-state index contributed by atoms with van der Waals surface area (Å²) in [5, 5.41) is 0. The first-order valence-electron chi connectivity index (χ1n) is 8.36. The second kappa shape index (κ2) is 6.32. The van der Waals surface area contributed by atoms with Crippen LogP contribution < -0.4 is 0 Å². The summed E-state index contributed by atoms with van der Waals surface area (Å²) in [6, 6.07) is 0. The normalized spacial score (nSPS) is 35.5. The van der Waals surface area contributed by atoms with Crippen molar-refractivity contribution in [2.45, 2.75) is 77.7 Å². The fourth-order valence-corrected chi connectivity index (χ4v) is 4.31. The van der Waals surface area contributed by atoms with Gasteiger partial charge in [-0.1, -0.05) is 46.1 Å². The van der Waals surface area contributed by atoms with Crippen molar-refractivity contribution in [3.8, 4) is 0 Å². The Kier molecular flexibility index (Phi) is 4.93. The van der Waals surface area contributed by atoms with Gasteiger partial charge in [0.15, 0.2) is 0 Å². The van der Waals surface area contributed by atoms with Crippen molar-refractivity contribution in [2.24, 2.45) is 17.8 Å². The predicted molar refractivity (Wildman–Crippen MR) is 82.4 cm³/mol. The van der Waals surface area contributed by atoms with Crippen molar-refractivity contribution in [1.29, 1.82) is 0 Å². The first kappa shape index (κ1) is 15.6. The van der Waals surface area contributed by atoms with E-state index in [0.29, 0.717) is 23.3 Å². The molecule has 2 aliphatic rings. The SMILES string of the molecule is C=C(C)C(=O)OC1(C2CCCCC2)CCCC(C)C1C. The highest BCUT2D eigenvalue weighted by molar-refractivity contribution is 5.87.